The van der Waals surface area contributed by atoms with Crippen LogP contribution in [0.3, 0.4) is 0 Å². The van der Waals surface area contributed by atoms with E-state index in [2.05, 4.69) is 0 Å². The SMILES string of the molecule is COCC(C(=O)O)N1CCCCCCC1. The van der Waals surface area contributed by atoms with Gasteiger partial charge >= 0.3 is 5.97 Å². The molecule has 0 saturated carbocycles. The second kappa shape index (κ2) is 6.80. The van der Waals surface area contributed by atoms with E-state index in [9.17, 15) is 4.79 Å². The second-order valence-corrected chi connectivity index (χ2v) is 4.11. The number of likely N-dealkylation sites (tertiary alicyclic amines) is 1. The molecule has 88 valence electrons. The molecule has 1 aliphatic heterocycles. The van der Waals surface area contributed by atoms with Crippen molar-refractivity contribution in [2.24, 2.45) is 0 Å². The van der Waals surface area contributed by atoms with Gasteiger partial charge in [0.05, 0.1) is 6.61 Å². The lowest BCUT2D eigenvalue weighted by Crippen LogP contribution is -2.45. The van der Waals surface area contributed by atoms with Crippen LogP contribution in [0, 0.1) is 0 Å². The first-order valence-electron chi connectivity index (χ1n) is 5.71. The van der Waals surface area contributed by atoms with Gasteiger partial charge in [0.15, 0.2) is 0 Å². The van der Waals surface area contributed by atoms with Gasteiger partial charge in [0.1, 0.15) is 6.04 Å². The Balaban J connectivity index is 2.50. The smallest absolute Gasteiger partial charge is 0.323 e. The Labute approximate surface area is 91.2 Å². The van der Waals surface area contributed by atoms with Crippen LogP contribution in [-0.4, -0.2) is 48.8 Å². The fraction of sp³-hybridized carbons (Fsp3) is 0.909. The highest BCUT2D eigenvalue weighted by Gasteiger charge is 2.25. The topological polar surface area (TPSA) is 49.8 Å². The number of nitrogens with zero attached hydrogens (tertiary/aromatic N) is 1. The normalized spacial score (nSPS) is 21.7. The summed E-state index contributed by atoms with van der Waals surface area (Å²) in [6.45, 7) is 2.07. The number of hydrogen-bond acceptors (Lipinski definition) is 3. The summed E-state index contributed by atoms with van der Waals surface area (Å²) >= 11 is 0. The average Bonchev–Trinajstić information content (AvgIpc) is 2.14. The van der Waals surface area contributed by atoms with Crippen molar-refractivity contribution in [2.75, 3.05) is 26.8 Å². The molecule has 1 saturated heterocycles. The molecule has 1 heterocycles. The third-order valence-corrected chi connectivity index (χ3v) is 2.94. The van der Waals surface area contributed by atoms with Crippen LogP contribution in [0.1, 0.15) is 32.1 Å². The Morgan fingerprint density at radius 1 is 1.27 bits per heavy atom. The third-order valence-electron chi connectivity index (χ3n) is 2.94. The molecule has 0 bridgehead atoms. The lowest BCUT2D eigenvalue weighted by Gasteiger charge is -2.29. The maximum absolute atomic E-state index is 11.1. The predicted octanol–water partition coefficient (Wildman–Crippen LogP) is 1.35. The number of rotatable bonds is 4. The summed E-state index contributed by atoms with van der Waals surface area (Å²) in [5.74, 6) is -0.766. The van der Waals surface area contributed by atoms with Gasteiger partial charge in [0.2, 0.25) is 0 Å². The van der Waals surface area contributed by atoms with E-state index in [0.29, 0.717) is 0 Å². The van der Waals surface area contributed by atoms with Crippen LogP contribution in [0.2, 0.25) is 0 Å². The zero-order chi connectivity index (χ0) is 11.1. The maximum atomic E-state index is 11.1. The molecular weight excluding hydrogens is 194 g/mol. The van der Waals surface area contributed by atoms with E-state index < -0.39 is 12.0 Å². The molecule has 1 atom stereocenters. The molecule has 0 aromatic carbocycles. The van der Waals surface area contributed by atoms with Crippen LogP contribution < -0.4 is 0 Å². The lowest BCUT2D eigenvalue weighted by molar-refractivity contribution is -0.145. The fourth-order valence-electron chi connectivity index (χ4n) is 2.07. The average molecular weight is 215 g/mol. The summed E-state index contributed by atoms with van der Waals surface area (Å²) < 4.78 is 4.97. The molecule has 0 aliphatic carbocycles. The molecule has 1 aliphatic rings. The minimum atomic E-state index is -0.766. The van der Waals surface area contributed by atoms with Gasteiger partial charge in [-0.1, -0.05) is 19.3 Å². The summed E-state index contributed by atoms with van der Waals surface area (Å²) in [6.07, 6.45) is 5.93. The Kier molecular flexibility index (Phi) is 5.65. The summed E-state index contributed by atoms with van der Waals surface area (Å²) in [7, 11) is 1.56. The van der Waals surface area contributed by atoms with Crippen molar-refractivity contribution in [1.82, 2.24) is 4.90 Å². The van der Waals surface area contributed by atoms with E-state index >= 15 is 0 Å². The summed E-state index contributed by atoms with van der Waals surface area (Å²) in [5, 5.41) is 9.10. The van der Waals surface area contributed by atoms with Gasteiger partial charge < -0.3 is 9.84 Å². The maximum Gasteiger partial charge on any atom is 0.323 e. The summed E-state index contributed by atoms with van der Waals surface area (Å²) in [6, 6.07) is -0.465. The molecule has 1 fully saturated rings. The van der Waals surface area contributed by atoms with Crippen molar-refractivity contribution in [3.63, 3.8) is 0 Å². The molecule has 0 spiro atoms. The van der Waals surface area contributed by atoms with Crippen LogP contribution in [0.25, 0.3) is 0 Å². The van der Waals surface area contributed by atoms with Crippen LogP contribution >= 0.6 is 0 Å². The van der Waals surface area contributed by atoms with Crippen molar-refractivity contribution >= 4 is 5.97 Å². The molecule has 1 N–H and O–H groups in total. The predicted molar refractivity (Wildman–Crippen MR) is 58.0 cm³/mol. The van der Waals surface area contributed by atoms with Crippen LogP contribution in [0.5, 0.6) is 0 Å². The first-order valence-corrected chi connectivity index (χ1v) is 5.71. The van der Waals surface area contributed by atoms with Gasteiger partial charge in [-0.25, -0.2) is 0 Å². The standard InChI is InChI=1S/C11H21NO3/c1-15-9-10(11(13)14)12-7-5-3-2-4-6-8-12/h10H,2-9H2,1H3,(H,13,14). The highest BCUT2D eigenvalue weighted by Crippen LogP contribution is 2.13. The Bertz CT molecular complexity index is 188. The Morgan fingerprint density at radius 2 is 1.80 bits per heavy atom. The van der Waals surface area contributed by atoms with Crippen molar-refractivity contribution in [3.8, 4) is 0 Å². The molecule has 0 aromatic heterocycles. The van der Waals surface area contributed by atoms with Crippen molar-refractivity contribution in [1.29, 1.82) is 0 Å². The first-order chi connectivity index (χ1) is 7.25. The van der Waals surface area contributed by atoms with Crippen LogP contribution in [-0.2, 0) is 9.53 Å². The van der Waals surface area contributed by atoms with Crippen molar-refractivity contribution < 1.29 is 14.6 Å². The van der Waals surface area contributed by atoms with Crippen LogP contribution in [0.4, 0.5) is 0 Å². The quantitative estimate of drug-likeness (QED) is 0.769. The van der Waals surface area contributed by atoms with E-state index in [1.54, 1.807) is 7.11 Å². The van der Waals surface area contributed by atoms with E-state index in [4.69, 9.17) is 9.84 Å². The number of carboxylic acids is 1. The molecule has 4 nitrogen and oxygen atoms in total. The highest BCUT2D eigenvalue weighted by atomic mass is 16.5. The van der Waals surface area contributed by atoms with Crippen molar-refractivity contribution in [3.05, 3.63) is 0 Å². The summed E-state index contributed by atoms with van der Waals surface area (Å²) in [5.41, 5.74) is 0. The minimum Gasteiger partial charge on any atom is -0.480 e. The van der Waals surface area contributed by atoms with Gasteiger partial charge in [-0.15, -0.1) is 0 Å². The third kappa shape index (κ3) is 4.18. The molecule has 4 heteroatoms. The second-order valence-electron chi connectivity index (χ2n) is 4.11. The number of methoxy groups -OCH3 is 1. The van der Waals surface area contributed by atoms with E-state index in [0.717, 1.165) is 25.9 Å². The van der Waals surface area contributed by atoms with Crippen molar-refractivity contribution in [2.45, 2.75) is 38.1 Å². The Hall–Kier alpha value is -0.610. The number of ether oxygens (including phenoxy) is 1. The molecule has 1 rings (SSSR count). The minimum absolute atomic E-state index is 0.287. The van der Waals surface area contributed by atoms with Gasteiger partial charge in [-0.2, -0.15) is 0 Å². The zero-order valence-corrected chi connectivity index (χ0v) is 9.45. The number of aliphatic carboxylic acids is 1. The monoisotopic (exact) mass is 215 g/mol. The Morgan fingerprint density at radius 3 is 2.27 bits per heavy atom. The molecule has 15 heavy (non-hydrogen) atoms. The summed E-state index contributed by atoms with van der Waals surface area (Å²) in [4.78, 5) is 13.1. The van der Waals surface area contributed by atoms with E-state index in [-0.39, 0.29) is 6.61 Å². The highest BCUT2D eigenvalue weighted by molar-refractivity contribution is 5.73. The number of carboxylic acid groups (broad SMARTS) is 1. The van der Waals surface area contributed by atoms with E-state index in [1.807, 2.05) is 4.90 Å². The molecular formula is C11H21NO3. The van der Waals surface area contributed by atoms with Crippen LogP contribution in [0.15, 0.2) is 0 Å². The zero-order valence-electron chi connectivity index (χ0n) is 9.45. The molecule has 0 radical (unpaired) electrons. The molecule has 0 amide bonds. The van der Waals surface area contributed by atoms with Gasteiger partial charge in [0, 0.05) is 7.11 Å². The van der Waals surface area contributed by atoms with Gasteiger partial charge in [-0.05, 0) is 25.9 Å². The van der Waals surface area contributed by atoms with E-state index in [1.165, 1.54) is 19.3 Å². The molecule has 0 aromatic rings. The first kappa shape index (κ1) is 12.5. The number of carbonyl (C=O) groups is 1. The fourth-order valence-corrected chi connectivity index (χ4v) is 2.07. The van der Waals surface area contributed by atoms with Gasteiger partial charge in [0.25, 0.3) is 0 Å². The number of hydrogen-bond donors (Lipinski definition) is 1. The lowest BCUT2D eigenvalue weighted by atomic mass is 10.1. The van der Waals surface area contributed by atoms with Gasteiger partial charge in [-0.3, -0.25) is 9.69 Å². The largest absolute Gasteiger partial charge is 0.480 e. The molecule has 1 unspecified atom stereocenters.